The number of aromatic nitrogens is 2. The van der Waals surface area contributed by atoms with Gasteiger partial charge in [-0.2, -0.15) is 5.10 Å². The number of rotatable bonds is 5. The summed E-state index contributed by atoms with van der Waals surface area (Å²) >= 11 is 0. The van der Waals surface area contributed by atoms with Crippen molar-refractivity contribution in [2.24, 2.45) is 0 Å². The van der Waals surface area contributed by atoms with Crippen LogP contribution >= 0.6 is 0 Å². The average molecular weight is 415 g/mol. The van der Waals surface area contributed by atoms with E-state index in [4.69, 9.17) is 5.10 Å². The van der Waals surface area contributed by atoms with Crippen molar-refractivity contribution in [3.05, 3.63) is 127 Å². The molecule has 1 aromatic heterocycles. The van der Waals surface area contributed by atoms with Crippen LogP contribution in [0.4, 0.5) is 5.69 Å². The van der Waals surface area contributed by atoms with Crippen LogP contribution in [0.3, 0.4) is 0 Å². The molecule has 0 atom stereocenters. The molecule has 0 aliphatic rings. The highest BCUT2D eigenvalue weighted by molar-refractivity contribution is 6.10. The lowest BCUT2D eigenvalue weighted by Gasteiger charge is -2.11. The van der Waals surface area contributed by atoms with E-state index in [9.17, 15) is 4.79 Å². The van der Waals surface area contributed by atoms with Gasteiger partial charge in [-0.1, -0.05) is 97.1 Å². The molecular formula is C28H21N3O. The lowest BCUT2D eigenvalue weighted by Crippen LogP contribution is -2.18. The maximum Gasteiger partial charge on any atom is 0.275 e. The van der Waals surface area contributed by atoms with Crippen molar-refractivity contribution in [2.75, 3.05) is 5.32 Å². The predicted octanol–water partition coefficient (Wildman–Crippen LogP) is 6.46. The second-order valence-corrected chi connectivity index (χ2v) is 7.37. The zero-order chi connectivity index (χ0) is 21.8. The van der Waals surface area contributed by atoms with E-state index in [1.54, 1.807) is 4.68 Å². The third kappa shape index (κ3) is 3.82. The third-order valence-electron chi connectivity index (χ3n) is 5.24. The van der Waals surface area contributed by atoms with E-state index in [1.165, 1.54) is 0 Å². The van der Waals surface area contributed by atoms with Crippen LogP contribution < -0.4 is 5.32 Å². The number of hydrogen-bond acceptors (Lipinski definition) is 2. The summed E-state index contributed by atoms with van der Waals surface area (Å²) in [5.74, 6) is -0.214. The Balaban J connectivity index is 1.77. The fourth-order valence-corrected chi connectivity index (χ4v) is 3.77. The maximum atomic E-state index is 13.7. The van der Waals surface area contributed by atoms with E-state index in [0.717, 1.165) is 33.8 Å². The minimum Gasteiger partial charge on any atom is -0.321 e. The summed E-state index contributed by atoms with van der Waals surface area (Å²) in [6.45, 7) is 0. The number of para-hydroxylation sites is 2. The van der Waals surface area contributed by atoms with Crippen LogP contribution in [0.15, 0.2) is 121 Å². The first-order chi connectivity index (χ1) is 15.8. The van der Waals surface area contributed by atoms with Gasteiger partial charge in [-0.15, -0.1) is 0 Å². The SMILES string of the molecule is O=C(Nc1ccccc1)c1c(-c2ccccc2)c(-c2ccccc2)nn1-c1ccccc1. The second kappa shape index (κ2) is 8.74. The van der Waals surface area contributed by atoms with Crippen LogP contribution in [0, 0.1) is 0 Å². The van der Waals surface area contributed by atoms with Crippen LogP contribution in [0.1, 0.15) is 10.5 Å². The van der Waals surface area contributed by atoms with Gasteiger partial charge in [-0.25, -0.2) is 4.68 Å². The Morgan fingerprint density at radius 1 is 0.625 bits per heavy atom. The van der Waals surface area contributed by atoms with Gasteiger partial charge in [0.15, 0.2) is 0 Å². The van der Waals surface area contributed by atoms with Crippen molar-refractivity contribution < 1.29 is 4.79 Å². The Labute approximate surface area is 186 Å². The molecular weight excluding hydrogens is 394 g/mol. The van der Waals surface area contributed by atoms with Gasteiger partial charge < -0.3 is 5.32 Å². The minimum atomic E-state index is -0.214. The van der Waals surface area contributed by atoms with Gasteiger partial charge in [0.05, 0.1) is 5.69 Å². The Morgan fingerprint density at radius 3 is 1.72 bits per heavy atom. The van der Waals surface area contributed by atoms with Crippen LogP contribution in [0.2, 0.25) is 0 Å². The fourth-order valence-electron chi connectivity index (χ4n) is 3.77. The Kier molecular flexibility index (Phi) is 5.33. The van der Waals surface area contributed by atoms with Crippen molar-refractivity contribution in [3.8, 4) is 28.1 Å². The molecule has 1 N–H and O–H groups in total. The van der Waals surface area contributed by atoms with Gasteiger partial charge >= 0.3 is 0 Å². The average Bonchev–Trinajstić information content (AvgIpc) is 3.27. The number of nitrogens with zero attached hydrogens (tertiary/aromatic N) is 2. The van der Waals surface area contributed by atoms with Crippen LogP contribution in [0.25, 0.3) is 28.1 Å². The monoisotopic (exact) mass is 415 g/mol. The molecule has 4 nitrogen and oxygen atoms in total. The molecule has 0 aliphatic heterocycles. The van der Waals surface area contributed by atoms with Crippen molar-refractivity contribution in [2.45, 2.75) is 0 Å². The molecule has 0 fully saturated rings. The highest BCUT2D eigenvalue weighted by Crippen LogP contribution is 2.36. The second-order valence-electron chi connectivity index (χ2n) is 7.37. The number of hydrogen-bond donors (Lipinski definition) is 1. The molecule has 1 amide bonds. The van der Waals surface area contributed by atoms with E-state index in [2.05, 4.69) is 5.32 Å². The predicted molar refractivity (Wildman–Crippen MR) is 129 cm³/mol. The lowest BCUT2D eigenvalue weighted by atomic mass is 9.98. The molecule has 32 heavy (non-hydrogen) atoms. The van der Waals surface area contributed by atoms with E-state index >= 15 is 0 Å². The van der Waals surface area contributed by atoms with Gasteiger partial charge in [0.1, 0.15) is 11.4 Å². The fraction of sp³-hybridized carbons (Fsp3) is 0. The quantitative estimate of drug-likeness (QED) is 0.358. The summed E-state index contributed by atoms with van der Waals surface area (Å²) in [7, 11) is 0. The first-order valence-corrected chi connectivity index (χ1v) is 10.5. The van der Waals surface area contributed by atoms with E-state index < -0.39 is 0 Å². The summed E-state index contributed by atoms with van der Waals surface area (Å²) in [5.41, 5.74) is 5.50. The summed E-state index contributed by atoms with van der Waals surface area (Å²) in [5, 5.41) is 7.99. The van der Waals surface area contributed by atoms with Crippen molar-refractivity contribution in [1.29, 1.82) is 0 Å². The van der Waals surface area contributed by atoms with E-state index in [0.29, 0.717) is 5.69 Å². The maximum absolute atomic E-state index is 13.7. The number of carbonyl (C=O) groups excluding carboxylic acids is 1. The van der Waals surface area contributed by atoms with Gasteiger partial charge in [0, 0.05) is 16.8 Å². The molecule has 1 heterocycles. The molecule has 0 saturated heterocycles. The lowest BCUT2D eigenvalue weighted by molar-refractivity contribution is 0.102. The molecule has 0 aliphatic carbocycles. The molecule has 0 unspecified atom stereocenters. The Hall–Kier alpha value is -4.44. The highest BCUT2D eigenvalue weighted by atomic mass is 16.2. The normalized spacial score (nSPS) is 10.6. The Bertz CT molecular complexity index is 1330. The number of amides is 1. The molecule has 154 valence electrons. The number of benzene rings is 4. The standard InChI is InChI=1S/C28H21N3O/c32-28(29-23-17-9-3-10-18-23)27-25(21-13-5-1-6-14-21)26(22-15-7-2-8-16-22)30-31(27)24-19-11-4-12-20-24/h1-20H,(H,29,32). The van der Waals surface area contributed by atoms with Crippen molar-refractivity contribution in [3.63, 3.8) is 0 Å². The van der Waals surface area contributed by atoms with Gasteiger partial charge in [-0.05, 0) is 29.8 Å². The summed E-state index contributed by atoms with van der Waals surface area (Å²) in [4.78, 5) is 13.7. The topological polar surface area (TPSA) is 46.9 Å². The van der Waals surface area contributed by atoms with Gasteiger partial charge in [-0.3, -0.25) is 4.79 Å². The molecule has 0 spiro atoms. The van der Waals surface area contributed by atoms with E-state index in [1.807, 2.05) is 121 Å². The minimum absolute atomic E-state index is 0.214. The van der Waals surface area contributed by atoms with Crippen molar-refractivity contribution >= 4 is 11.6 Å². The summed E-state index contributed by atoms with van der Waals surface area (Å²) in [6, 6.07) is 39.1. The molecule has 0 bridgehead atoms. The number of nitrogens with one attached hydrogen (secondary N) is 1. The smallest absolute Gasteiger partial charge is 0.275 e. The van der Waals surface area contributed by atoms with Crippen molar-refractivity contribution in [1.82, 2.24) is 9.78 Å². The summed E-state index contributed by atoms with van der Waals surface area (Å²) in [6.07, 6.45) is 0. The van der Waals surface area contributed by atoms with Crippen LogP contribution in [-0.4, -0.2) is 15.7 Å². The van der Waals surface area contributed by atoms with Crippen LogP contribution in [0.5, 0.6) is 0 Å². The van der Waals surface area contributed by atoms with Gasteiger partial charge in [0.2, 0.25) is 0 Å². The number of carbonyl (C=O) groups is 1. The first-order valence-electron chi connectivity index (χ1n) is 10.5. The zero-order valence-electron chi connectivity index (χ0n) is 17.3. The van der Waals surface area contributed by atoms with Crippen LogP contribution in [-0.2, 0) is 0 Å². The zero-order valence-corrected chi connectivity index (χ0v) is 17.3. The molecule has 0 radical (unpaired) electrons. The molecule has 5 aromatic rings. The number of anilines is 1. The third-order valence-corrected chi connectivity index (χ3v) is 5.24. The molecule has 5 rings (SSSR count). The molecule has 4 aromatic carbocycles. The Morgan fingerprint density at radius 2 is 1.12 bits per heavy atom. The molecule has 4 heteroatoms. The summed E-state index contributed by atoms with van der Waals surface area (Å²) < 4.78 is 1.74. The highest BCUT2D eigenvalue weighted by Gasteiger charge is 2.26. The first kappa shape index (κ1) is 19.5. The molecule has 0 saturated carbocycles. The van der Waals surface area contributed by atoms with Gasteiger partial charge in [0.25, 0.3) is 5.91 Å². The largest absolute Gasteiger partial charge is 0.321 e. The van der Waals surface area contributed by atoms with E-state index in [-0.39, 0.29) is 5.91 Å².